The third kappa shape index (κ3) is 4.22. The van der Waals surface area contributed by atoms with Crippen molar-refractivity contribution in [1.29, 1.82) is 0 Å². The third-order valence-corrected chi connectivity index (χ3v) is 4.54. The van der Waals surface area contributed by atoms with E-state index >= 15 is 0 Å². The number of aliphatic hydroxyl groups is 1. The number of rotatable bonds is 4. The summed E-state index contributed by atoms with van der Waals surface area (Å²) in [5.41, 5.74) is 0.539. The molecule has 1 saturated heterocycles. The Labute approximate surface area is 162 Å². The molecule has 0 saturated carbocycles. The van der Waals surface area contributed by atoms with Crippen LogP contribution in [0.3, 0.4) is 0 Å². The van der Waals surface area contributed by atoms with Crippen LogP contribution in [0.2, 0.25) is 0 Å². The molecule has 1 aromatic carbocycles. The number of hydrogen-bond donors (Lipinski definition) is 2. The first-order chi connectivity index (χ1) is 12.8. The highest BCUT2D eigenvalue weighted by Gasteiger charge is 2.46. The van der Waals surface area contributed by atoms with E-state index in [4.69, 9.17) is 10.2 Å². The van der Waals surface area contributed by atoms with Crippen LogP contribution in [0.1, 0.15) is 33.6 Å². The van der Waals surface area contributed by atoms with Crippen molar-refractivity contribution in [3.05, 3.63) is 35.4 Å². The second kappa shape index (κ2) is 8.87. The number of imide groups is 2. The quantitative estimate of drug-likeness (QED) is 0.506. The number of nitrogens with zero attached hydrogens (tertiary/aromatic N) is 2. The number of β-amino-alcohol motifs (C(OH)–C–C–N with tert-alkyl or cyclic N) is 1. The molecule has 1 aromatic rings. The molecule has 1 atom stereocenters. The van der Waals surface area contributed by atoms with Gasteiger partial charge in [0.25, 0.3) is 17.7 Å². The van der Waals surface area contributed by atoms with Crippen LogP contribution < -0.4 is 0 Å². The lowest BCUT2D eigenvalue weighted by Crippen LogP contribution is -2.56. The molecule has 0 aliphatic carbocycles. The Morgan fingerprint density at radius 1 is 1.11 bits per heavy atom. The second-order valence-corrected chi connectivity index (χ2v) is 6.28. The lowest BCUT2D eigenvalue weighted by molar-refractivity contribution is -0.152. The van der Waals surface area contributed by atoms with E-state index in [2.05, 4.69) is 15.9 Å². The van der Waals surface area contributed by atoms with Crippen LogP contribution in [-0.2, 0) is 14.4 Å². The lowest BCUT2D eigenvalue weighted by Gasteiger charge is -2.34. The van der Waals surface area contributed by atoms with E-state index in [1.807, 2.05) is 0 Å². The predicted molar refractivity (Wildman–Crippen MR) is 95.2 cm³/mol. The Bertz CT molecular complexity index is 760. The molecule has 2 aliphatic heterocycles. The average Bonchev–Trinajstić information content (AvgIpc) is 2.91. The molecule has 144 valence electrons. The SMILES string of the molecule is O=C(O)CBr.O=C1CCC(N2C(=O)c3ccccc3C2=O)C(=O)N1CCO. The van der Waals surface area contributed by atoms with Crippen LogP contribution in [0.4, 0.5) is 0 Å². The number of fused-ring (bicyclic) bond motifs is 1. The molecule has 0 radical (unpaired) electrons. The Morgan fingerprint density at radius 2 is 1.63 bits per heavy atom. The van der Waals surface area contributed by atoms with E-state index in [-0.39, 0.29) is 42.5 Å². The van der Waals surface area contributed by atoms with Crippen molar-refractivity contribution >= 4 is 45.5 Å². The normalized spacial score (nSPS) is 19.0. The van der Waals surface area contributed by atoms with Crippen molar-refractivity contribution in [2.75, 3.05) is 18.5 Å². The molecular weight excluding hydrogens is 424 g/mol. The summed E-state index contributed by atoms with van der Waals surface area (Å²) in [7, 11) is 0. The van der Waals surface area contributed by atoms with Crippen LogP contribution in [-0.4, -0.2) is 74.1 Å². The fraction of sp³-hybridized carbons (Fsp3) is 0.353. The van der Waals surface area contributed by atoms with Crippen LogP contribution in [0.25, 0.3) is 0 Å². The largest absolute Gasteiger partial charge is 0.481 e. The first-order valence-electron chi connectivity index (χ1n) is 8.03. The number of amides is 4. The topological polar surface area (TPSA) is 132 Å². The van der Waals surface area contributed by atoms with Gasteiger partial charge < -0.3 is 10.2 Å². The summed E-state index contributed by atoms with van der Waals surface area (Å²) in [6.45, 7) is -0.482. The van der Waals surface area contributed by atoms with E-state index in [1.165, 1.54) is 0 Å². The summed E-state index contributed by atoms with van der Waals surface area (Å²) in [5.74, 6) is -2.87. The number of aliphatic carboxylic acids is 1. The minimum absolute atomic E-state index is 0.0347. The molecule has 3 rings (SSSR count). The number of carboxylic acids is 1. The number of halogens is 1. The van der Waals surface area contributed by atoms with Gasteiger partial charge in [-0.3, -0.25) is 33.8 Å². The number of aliphatic hydroxyl groups excluding tert-OH is 1. The highest BCUT2D eigenvalue weighted by atomic mass is 79.9. The van der Waals surface area contributed by atoms with Crippen molar-refractivity contribution < 1.29 is 34.2 Å². The van der Waals surface area contributed by atoms with Gasteiger partial charge in [-0.2, -0.15) is 0 Å². The van der Waals surface area contributed by atoms with Gasteiger partial charge in [-0.25, -0.2) is 0 Å². The maximum absolute atomic E-state index is 12.4. The molecule has 0 aromatic heterocycles. The molecule has 2 aliphatic rings. The first kappa shape index (κ1) is 20.7. The van der Waals surface area contributed by atoms with Gasteiger partial charge in [0.1, 0.15) is 11.4 Å². The molecule has 2 N–H and O–H groups in total. The highest BCUT2D eigenvalue weighted by Crippen LogP contribution is 2.28. The molecule has 0 bridgehead atoms. The number of carboxylic acid groups (broad SMARTS) is 1. The zero-order valence-corrected chi connectivity index (χ0v) is 15.7. The van der Waals surface area contributed by atoms with Crippen molar-refractivity contribution in [3.8, 4) is 0 Å². The fourth-order valence-electron chi connectivity index (χ4n) is 2.89. The Hall–Kier alpha value is -2.59. The molecule has 4 amide bonds. The summed E-state index contributed by atoms with van der Waals surface area (Å²) in [6.07, 6.45) is 0.175. The molecule has 1 unspecified atom stereocenters. The summed E-state index contributed by atoms with van der Waals surface area (Å²) >= 11 is 2.71. The van der Waals surface area contributed by atoms with Crippen LogP contribution >= 0.6 is 15.9 Å². The molecule has 9 nitrogen and oxygen atoms in total. The molecule has 2 heterocycles. The van der Waals surface area contributed by atoms with Gasteiger partial charge in [0.05, 0.1) is 24.3 Å². The van der Waals surface area contributed by atoms with Crippen molar-refractivity contribution in [3.63, 3.8) is 0 Å². The van der Waals surface area contributed by atoms with Gasteiger partial charge >= 0.3 is 5.97 Å². The number of piperidine rings is 1. The number of alkyl halides is 1. The van der Waals surface area contributed by atoms with Gasteiger partial charge in [-0.05, 0) is 18.6 Å². The van der Waals surface area contributed by atoms with Crippen LogP contribution in [0.15, 0.2) is 24.3 Å². The lowest BCUT2D eigenvalue weighted by atomic mass is 10.0. The summed E-state index contributed by atoms with van der Waals surface area (Å²) in [4.78, 5) is 60.1. The maximum atomic E-state index is 12.4. The summed E-state index contributed by atoms with van der Waals surface area (Å²) < 4.78 is 0. The number of carbonyl (C=O) groups is 5. The number of likely N-dealkylation sites (tertiary alicyclic amines) is 1. The predicted octanol–water partition coefficient (Wildman–Crippen LogP) is 0.258. The maximum Gasteiger partial charge on any atom is 0.314 e. The Balaban J connectivity index is 0.000000465. The monoisotopic (exact) mass is 440 g/mol. The van der Waals surface area contributed by atoms with Crippen molar-refractivity contribution in [2.45, 2.75) is 18.9 Å². The summed E-state index contributed by atoms with van der Waals surface area (Å²) in [6, 6.07) is 5.39. The molecule has 10 heteroatoms. The van der Waals surface area contributed by atoms with Gasteiger partial charge in [-0.15, -0.1) is 0 Å². The van der Waals surface area contributed by atoms with E-state index < -0.39 is 35.6 Å². The molecule has 0 spiro atoms. The molecule has 1 fully saturated rings. The number of hydrogen-bond acceptors (Lipinski definition) is 6. The van der Waals surface area contributed by atoms with Crippen molar-refractivity contribution in [2.24, 2.45) is 0 Å². The van der Waals surface area contributed by atoms with E-state index in [0.29, 0.717) is 0 Å². The Morgan fingerprint density at radius 3 is 2.07 bits per heavy atom. The van der Waals surface area contributed by atoms with Gasteiger partial charge in [0.2, 0.25) is 5.91 Å². The standard InChI is InChI=1S/C15H14N2O5.C2H3BrO2/c18-8-7-16-12(19)6-5-11(15(16)22)17-13(20)9-3-1-2-4-10(9)14(17)21;3-1-2(4)5/h1-4,11,18H,5-8H2;1H2,(H,4,5). The second-order valence-electron chi connectivity index (χ2n) is 5.71. The summed E-state index contributed by atoms with van der Waals surface area (Å²) in [5, 5.41) is 16.7. The van der Waals surface area contributed by atoms with Gasteiger partial charge in [-0.1, -0.05) is 28.1 Å². The van der Waals surface area contributed by atoms with Crippen molar-refractivity contribution in [1.82, 2.24) is 9.80 Å². The minimum Gasteiger partial charge on any atom is -0.481 e. The van der Waals surface area contributed by atoms with Gasteiger partial charge in [0, 0.05) is 6.42 Å². The highest BCUT2D eigenvalue weighted by molar-refractivity contribution is 9.09. The smallest absolute Gasteiger partial charge is 0.314 e. The first-order valence-corrected chi connectivity index (χ1v) is 9.15. The zero-order chi connectivity index (χ0) is 20.1. The number of benzene rings is 1. The van der Waals surface area contributed by atoms with Crippen LogP contribution in [0, 0.1) is 0 Å². The fourth-order valence-corrected chi connectivity index (χ4v) is 2.89. The van der Waals surface area contributed by atoms with Gasteiger partial charge in [0.15, 0.2) is 0 Å². The minimum atomic E-state index is -0.989. The molecular formula is C17H17BrN2O7. The zero-order valence-electron chi connectivity index (χ0n) is 14.1. The van der Waals surface area contributed by atoms with E-state index in [9.17, 15) is 24.0 Å². The van der Waals surface area contributed by atoms with Crippen LogP contribution in [0.5, 0.6) is 0 Å². The molecule has 27 heavy (non-hydrogen) atoms. The van der Waals surface area contributed by atoms with E-state index in [0.717, 1.165) is 9.80 Å². The number of carbonyl (C=O) groups excluding carboxylic acids is 4. The average molecular weight is 441 g/mol. The third-order valence-electron chi connectivity index (χ3n) is 4.06. The Kier molecular flexibility index (Phi) is 6.81. The van der Waals surface area contributed by atoms with E-state index in [1.54, 1.807) is 24.3 Å².